The third kappa shape index (κ3) is 4.38. The molecule has 0 aliphatic carbocycles. The number of aryl methyl sites for hydroxylation is 2. The summed E-state index contributed by atoms with van der Waals surface area (Å²) in [4.78, 5) is 28.1. The molecule has 1 aromatic heterocycles. The Morgan fingerprint density at radius 3 is 2.30 bits per heavy atom. The second-order valence-electron chi connectivity index (χ2n) is 6.95. The third-order valence-corrected chi connectivity index (χ3v) is 5.06. The van der Waals surface area contributed by atoms with E-state index in [2.05, 4.69) is 51.0 Å². The summed E-state index contributed by atoms with van der Waals surface area (Å²) in [6.45, 7) is 12.9. The van der Waals surface area contributed by atoms with E-state index in [9.17, 15) is 4.79 Å². The van der Waals surface area contributed by atoms with Gasteiger partial charge in [0.15, 0.2) is 0 Å². The standard InChI is InChI=1S/C21H29N5O/c1-5-24(6-2)21(27)19-15-20(23-17(4)22-19)26-12-10-25(11-13-26)18-9-7-8-16(3)14-18/h7-9,14-15H,5-6,10-13H2,1-4H3. The first kappa shape index (κ1) is 19.1. The van der Waals surface area contributed by atoms with E-state index in [0.717, 1.165) is 32.0 Å². The first-order valence-corrected chi connectivity index (χ1v) is 9.73. The van der Waals surface area contributed by atoms with Gasteiger partial charge in [-0.3, -0.25) is 4.79 Å². The van der Waals surface area contributed by atoms with Crippen LogP contribution in [0.25, 0.3) is 0 Å². The smallest absolute Gasteiger partial charge is 0.272 e. The molecule has 1 amide bonds. The lowest BCUT2D eigenvalue weighted by Gasteiger charge is -2.37. The van der Waals surface area contributed by atoms with Crippen LogP contribution in [-0.4, -0.2) is 60.0 Å². The van der Waals surface area contributed by atoms with Crippen molar-refractivity contribution in [1.82, 2.24) is 14.9 Å². The maximum Gasteiger partial charge on any atom is 0.272 e. The van der Waals surface area contributed by atoms with Crippen LogP contribution in [0.2, 0.25) is 0 Å². The highest BCUT2D eigenvalue weighted by Gasteiger charge is 2.21. The number of nitrogens with zero attached hydrogens (tertiary/aromatic N) is 5. The predicted octanol–water partition coefficient (Wildman–Crippen LogP) is 2.90. The van der Waals surface area contributed by atoms with Gasteiger partial charge in [-0.05, 0) is 45.4 Å². The molecule has 3 rings (SSSR count). The monoisotopic (exact) mass is 367 g/mol. The quantitative estimate of drug-likeness (QED) is 0.813. The lowest BCUT2D eigenvalue weighted by molar-refractivity contribution is 0.0766. The molecular weight excluding hydrogens is 338 g/mol. The van der Waals surface area contributed by atoms with Crippen LogP contribution in [0, 0.1) is 13.8 Å². The normalized spacial score (nSPS) is 14.4. The minimum absolute atomic E-state index is 0.0230. The molecule has 2 aromatic rings. The maximum absolute atomic E-state index is 12.7. The van der Waals surface area contributed by atoms with Gasteiger partial charge in [0.05, 0.1) is 0 Å². The van der Waals surface area contributed by atoms with Gasteiger partial charge in [-0.1, -0.05) is 12.1 Å². The summed E-state index contributed by atoms with van der Waals surface area (Å²) in [5, 5.41) is 0. The second kappa shape index (κ2) is 8.37. The molecule has 0 N–H and O–H groups in total. The van der Waals surface area contributed by atoms with Crippen molar-refractivity contribution in [3.63, 3.8) is 0 Å². The van der Waals surface area contributed by atoms with Gasteiger partial charge in [-0.15, -0.1) is 0 Å². The van der Waals surface area contributed by atoms with Crippen LogP contribution in [-0.2, 0) is 0 Å². The zero-order valence-corrected chi connectivity index (χ0v) is 16.8. The fraction of sp³-hybridized carbons (Fsp3) is 0.476. The van der Waals surface area contributed by atoms with Crippen molar-refractivity contribution in [3.8, 4) is 0 Å². The van der Waals surface area contributed by atoms with Gasteiger partial charge in [0, 0.05) is 51.0 Å². The molecule has 0 atom stereocenters. The molecule has 0 unspecified atom stereocenters. The van der Waals surface area contributed by atoms with Crippen molar-refractivity contribution in [1.29, 1.82) is 0 Å². The molecule has 6 heteroatoms. The number of rotatable bonds is 5. The molecule has 0 spiro atoms. The van der Waals surface area contributed by atoms with Crippen LogP contribution in [0.1, 0.15) is 35.7 Å². The lowest BCUT2D eigenvalue weighted by atomic mass is 10.2. The summed E-state index contributed by atoms with van der Waals surface area (Å²) >= 11 is 0. The summed E-state index contributed by atoms with van der Waals surface area (Å²) < 4.78 is 0. The summed E-state index contributed by atoms with van der Waals surface area (Å²) in [6, 6.07) is 10.5. The fourth-order valence-electron chi connectivity index (χ4n) is 3.51. The molecule has 1 fully saturated rings. The van der Waals surface area contributed by atoms with Gasteiger partial charge < -0.3 is 14.7 Å². The van der Waals surface area contributed by atoms with Crippen LogP contribution < -0.4 is 9.80 Å². The molecular formula is C21H29N5O. The summed E-state index contributed by atoms with van der Waals surface area (Å²) in [7, 11) is 0. The average Bonchev–Trinajstić information content (AvgIpc) is 2.68. The zero-order valence-electron chi connectivity index (χ0n) is 16.8. The summed E-state index contributed by atoms with van der Waals surface area (Å²) in [5.74, 6) is 1.47. The second-order valence-corrected chi connectivity index (χ2v) is 6.95. The highest BCUT2D eigenvalue weighted by atomic mass is 16.2. The van der Waals surface area contributed by atoms with E-state index in [1.54, 1.807) is 4.90 Å². The molecule has 1 aromatic carbocycles. The number of hydrogen-bond acceptors (Lipinski definition) is 5. The van der Waals surface area contributed by atoms with E-state index in [4.69, 9.17) is 0 Å². The Balaban J connectivity index is 1.73. The Bertz CT molecular complexity index is 795. The van der Waals surface area contributed by atoms with Crippen LogP contribution in [0.4, 0.5) is 11.5 Å². The molecule has 0 saturated carbocycles. The number of aromatic nitrogens is 2. The molecule has 2 heterocycles. The van der Waals surface area contributed by atoms with E-state index in [1.807, 2.05) is 26.8 Å². The van der Waals surface area contributed by atoms with Gasteiger partial charge in [-0.25, -0.2) is 9.97 Å². The van der Waals surface area contributed by atoms with E-state index in [-0.39, 0.29) is 5.91 Å². The number of benzene rings is 1. The van der Waals surface area contributed by atoms with Crippen LogP contribution in [0.15, 0.2) is 30.3 Å². The average molecular weight is 367 g/mol. The molecule has 0 bridgehead atoms. The predicted molar refractivity (Wildman–Crippen MR) is 110 cm³/mol. The van der Waals surface area contributed by atoms with Crippen molar-refractivity contribution in [2.75, 3.05) is 49.1 Å². The summed E-state index contributed by atoms with van der Waals surface area (Å²) in [5.41, 5.74) is 3.04. The number of carbonyl (C=O) groups excluding carboxylic acids is 1. The first-order valence-electron chi connectivity index (χ1n) is 9.73. The van der Waals surface area contributed by atoms with Gasteiger partial charge in [-0.2, -0.15) is 0 Å². The van der Waals surface area contributed by atoms with E-state index in [0.29, 0.717) is 24.6 Å². The van der Waals surface area contributed by atoms with E-state index >= 15 is 0 Å². The number of piperazine rings is 1. The first-order chi connectivity index (χ1) is 13.0. The van der Waals surface area contributed by atoms with Crippen LogP contribution >= 0.6 is 0 Å². The van der Waals surface area contributed by atoms with Gasteiger partial charge in [0.25, 0.3) is 5.91 Å². The van der Waals surface area contributed by atoms with Crippen molar-refractivity contribution < 1.29 is 4.79 Å². The van der Waals surface area contributed by atoms with Gasteiger partial charge in [0.2, 0.25) is 0 Å². The Labute approximate surface area is 161 Å². The van der Waals surface area contributed by atoms with E-state index in [1.165, 1.54) is 11.3 Å². The molecule has 144 valence electrons. The topological polar surface area (TPSA) is 52.6 Å². The number of anilines is 2. The molecule has 27 heavy (non-hydrogen) atoms. The Morgan fingerprint density at radius 1 is 1.00 bits per heavy atom. The highest BCUT2D eigenvalue weighted by Crippen LogP contribution is 2.21. The molecule has 1 saturated heterocycles. The zero-order chi connectivity index (χ0) is 19.4. The molecule has 0 radical (unpaired) electrons. The van der Waals surface area contributed by atoms with Crippen LogP contribution in [0.3, 0.4) is 0 Å². The number of hydrogen-bond donors (Lipinski definition) is 0. The fourth-order valence-corrected chi connectivity index (χ4v) is 3.51. The SMILES string of the molecule is CCN(CC)C(=O)c1cc(N2CCN(c3cccc(C)c3)CC2)nc(C)n1. The van der Waals surface area contributed by atoms with Crippen LogP contribution in [0.5, 0.6) is 0 Å². The summed E-state index contributed by atoms with van der Waals surface area (Å²) in [6.07, 6.45) is 0. The van der Waals surface area contributed by atoms with Gasteiger partial charge >= 0.3 is 0 Å². The molecule has 1 aliphatic rings. The third-order valence-electron chi connectivity index (χ3n) is 5.06. The Morgan fingerprint density at radius 2 is 1.67 bits per heavy atom. The van der Waals surface area contributed by atoms with Crippen molar-refractivity contribution in [2.45, 2.75) is 27.7 Å². The highest BCUT2D eigenvalue weighted by molar-refractivity contribution is 5.93. The maximum atomic E-state index is 12.7. The Kier molecular flexibility index (Phi) is 5.94. The number of amides is 1. The largest absolute Gasteiger partial charge is 0.368 e. The molecule has 1 aliphatic heterocycles. The van der Waals surface area contributed by atoms with Crippen molar-refractivity contribution in [2.24, 2.45) is 0 Å². The minimum atomic E-state index is -0.0230. The molecule has 6 nitrogen and oxygen atoms in total. The number of carbonyl (C=O) groups is 1. The van der Waals surface area contributed by atoms with Gasteiger partial charge in [0.1, 0.15) is 17.3 Å². The van der Waals surface area contributed by atoms with Crippen molar-refractivity contribution in [3.05, 3.63) is 47.4 Å². The minimum Gasteiger partial charge on any atom is -0.368 e. The lowest BCUT2D eigenvalue weighted by Crippen LogP contribution is -2.47. The Hall–Kier alpha value is -2.63. The van der Waals surface area contributed by atoms with E-state index < -0.39 is 0 Å². The van der Waals surface area contributed by atoms with Crippen molar-refractivity contribution >= 4 is 17.4 Å².